The zero-order valence-corrected chi connectivity index (χ0v) is 16.8. The molecule has 4 rings (SSSR count). The molecule has 0 saturated heterocycles. The molecule has 0 aromatic heterocycles. The molecule has 1 heterocycles. The van der Waals surface area contributed by atoms with Gasteiger partial charge in [-0.1, -0.05) is 60.2 Å². The number of carbonyl (C=O) groups is 2. The van der Waals surface area contributed by atoms with Crippen molar-refractivity contribution in [1.29, 1.82) is 0 Å². The Morgan fingerprint density at radius 2 is 1.70 bits per heavy atom. The van der Waals surface area contributed by atoms with E-state index in [0.717, 1.165) is 5.56 Å². The average molecular weight is 402 g/mol. The first-order valence-corrected chi connectivity index (χ1v) is 9.59. The van der Waals surface area contributed by atoms with Gasteiger partial charge in [0.05, 0.1) is 18.5 Å². The van der Waals surface area contributed by atoms with Gasteiger partial charge in [-0.3, -0.25) is 14.5 Å². The molecule has 0 aliphatic carbocycles. The zero-order valence-electron chi connectivity index (χ0n) is 16.8. The monoisotopic (exact) mass is 402 g/mol. The van der Waals surface area contributed by atoms with Crippen LogP contribution in [0.15, 0.2) is 72.8 Å². The third-order valence-corrected chi connectivity index (χ3v) is 5.29. The number of nitrogens with zero attached hydrogens (tertiary/aromatic N) is 1. The van der Waals surface area contributed by atoms with Gasteiger partial charge in [-0.25, -0.2) is 0 Å². The number of benzene rings is 3. The molecule has 0 radical (unpaired) electrons. The van der Waals surface area contributed by atoms with Crippen molar-refractivity contribution in [3.8, 4) is 5.75 Å². The lowest BCUT2D eigenvalue weighted by molar-refractivity contribution is -0.133. The van der Waals surface area contributed by atoms with Crippen LogP contribution in [-0.2, 0) is 15.2 Å². The highest BCUT2D eigenvalue weighted by atomic mass is 16.5. The molecule has 0 bridgehead atoms. The minimum Gasteiger partial charge on any atom is -0.495 e. The topological polar surface area (TPSA) is 78.9 Å². The van der Waals surface area contributed by atoms with Crippen molar-refractivity contribution < 1.29 is 19.4 Å². The van der Waals surface area contributed by atoms with E-state index in [1.165, 1.54) is 12.0 Å². The predicted octanol–water partition coefficient (Wildman–Crippen LogP) is 3.22. The van der Waals surface area contributed by atoms with E-state index < -0.39 is 17.4 Å². The summed E-state index contributed by atoms with van der Waals surface area (Å²) in [7, 11) is 1.52. The minimum absolute atomic E-state index is 0.234. The number of fused-ring (bicyclic) bond motifs is 1. The van der Waals surface area contributed by atoms with Crippen molar-refractivity contribution in [2.24, 2.45) is 0 Å². The Morgan fingerprint density at radius 1 is 1.03 bits per heavy atom. The van der Waals surface area contributed by atoms with Crippen LogP contribution in [0.3, 0.4) is 0 Å². The SMILES string of the molecule is COc1ccccc1NC(=O)CN1C(=O)[C@](O)(c2ccc(C)cc2)c2ccccc21. The van der Waals surface area contributed by atoms with Crippen LogP contribution in [0, 0.1) is 6.92 Å². The molecule has 1 aliphatic rings. The Morgan fingerprint density at radius 3 is 2.43 bits per heavy atom. The Labute approximate surface area is 174 Å². The first-order valence-electron chi connectivity index (χ1n) is 9.59. The van der Waals surface area contributed by atoms with E-state index in [-0.39, 0.29) is 6.54 Å². The number of anilines is 2. The Bertz CT molecular complexity index is 1110. The van der Waals surface area contributed by atoms with Gasteiger partial charge in [0.2, 0.25) is 5.91 Å². The van der Waals surface area contributed by atoms with Crippen LogP contribution in [0.25, 0.3) is 0 Å². The highest BCUT2D eigenvalue weighted by Gasteiger charge is 2.51. The molecule has 1 aliphatic heterocycles. The first-order chi connectivity index (χ1) is 14.4. The van der Waals surface area contributed by atoms with Crippen LogP contribution in [0.5, 0.6) is 5.75 Å². The number of aryl methyl sites for hydroxylation is 1. The predicted molar refractivity (Wildman–Crippen MR) is 115 cm³/mol. The van der Waals surface area contributed by atoms with Crippen molar-refractivity contribution in [3.63, 3.8) is 0 Å². The average Bonchev–Trinajstić information content (AvgIpc) is 2.97. The molecule has 30 heavy (non-hydrogen) atoms. The van der Waals surface area contributed by atoms with Crippen molar-refractivity contribution in [2.75, 3.05) is 23.9 Å². The molecule has 6 nitrogen and oxygen atoms in total. The molecule has 0 fully saturated rings. The van der Waals surface area contributed by atoms with Crippen LogP contribution < -0.4 is 15.0 Å². The van der Waals surface area contributed by atoms with Gasteiger partial charge in [0, 0.05) is 5.56 Å². The maximum Gasteiger partial charge on any atom is 0.268 e. The van der Waals surface area contributed by atoms with Crippen LogP contribution in [0.4, 0.5) is 11.4 Å². The molecule has 3 aromatic rings. The van der Waals surface area contributed by atoms with E-state index in [1.807, 2.05) is 19.1 Å². The first kappa shape index (κ1) is 19.7. The van der Waals surface area contributed by atoms with Crippen LogP contribution in [0.1, 0.15) is 16.7 Å². The Kier molecular flexibility index (Phi) is 5.01. The standard InChI is InChI=1S/C24H22N2O4/c1-16-11-13-17(14-12-16)24(29)18-7-3-5-9-20(18)26(23(24)28)15-22(27)25-19-8-4-6-10-21(19)30-2/h3-14,29H,15H2,1-2H3,(H,25,27)/t24-/m0/s1. The van der Waals surface area contributed by atoms with Crippen molar-refractivity contribution in [2.45, 2.75) is 12.5 Å². The number of hydrogen-bond donors (Lipinski definition) is 2. The highest BCUT2D eigenvalue weighted by Crippen LogP contribution is 2.44. The molecule has 2 amide bonds. The second-order valence-corrected chi connectivity index (χ2v) is 7.23. The molecule has 0 unspecified atom stereocenters. The van der Waals surface area contributed by atoms with Gasteiger partial charge < -0.3 is 15.2 Å². The lowest BCUT2D eigenvalue weighted by Crippen LogP contribution is -2.44. The summed E-state index contributed by atoms with van der Waals surface area (Å²) < 4.78 is 5.26. The van der Waals surface area contributed by atoms with E-state index in [4.69, 9.17) is 4.74 Å². The van der Waals surface area contributed by atoms with Gasteiger partial charge in [0.15, 0.2) is 5.60 Å². The number of aliphatic hydroxyl groups is 1. The minimum atomic E-state index is -1.84. The Balaban J connectivity index is 1.65. The fraction of sp³-hybridized carbons (Fsp3) is 0.167. The second-order valence-electron chi connectivity index (χ2n) is 7.23. The van der Waals surface area contributed by atoms with E-state index in [9.17, 15) is 14.7 Å². The zero-order chi connectivity index (χ0) is 21.3. The van der Waals surface area contributed by atoms with Gasteiger partial charge in [-0.2, -0.15) is 0 Å². The van der Waals surface area contributed by atoms with Gasteiger partial charge in [0.25, 0.3) is 5.91 Å². The molecule has 3 aromatic carbocycles. The molecule has 0 spiro atoms. The molecular formula is C24H22N2O4. The summed E-state index contributed by atoms with van der Waals surface area (Å²) in [6, 6.07) is 21.2. The fourth-order valence-electron chi connectivity index (χ4n) is 3.75. The largest absolute Gasteiger partial charge is 0.495 e. The maximum absolute atomic E-state index is 13.4. The molecule has 152 valence electrons. The Hall–Kier alpha value is -3.64. The number of nitrogens with one attached hydrogen (secondary N) is 1. The summed E-state index contributed by atoms with van der Waals surface area (Å²) in [5.41, 5.74) is 1.14. The van der Waals surface area contributed by atoms with Crippen molar-refractivity contribution in [3.05, 3.63) is 89.5 Å². The van der Waals surface area contributed by atoms with Crippen LogP contribution in [0.2, 0.25) is 0 Å². The third-order valence-electron chi connectivity index (χ3n) is 5.29. The fourth-order valence-corrected chi connectivity index (χ4v) is 3.75. The molecule has 1 atom stereocenters. The number of para-hydroxylation sites is 3. The number of methoxy groups -OCH3 is 1. The maximum atomic E-state index is 13.4. The highest BCUT2D eigenvalue weighted by molar-refractivity contribution is 6.12. The molecule has 6 heteroatoms. The van der Waals surface area contributed by atoms with Gasteiger partial charge in [0.1, 0.15) is 12.3 Å². The lowest BCUT2D eigenvalue weighted by Gasteiger charge is -2.23. The summed E-state index contributed by atoms with van der Waals surface area (Å²) in [6.07, 6.45) is 0. The van der Waals surface area contributed by atoms with Gasteiger partial charge >= 0.3 is 0 Å². The van der Waals surface area contributed by atoms with E-state index in [2.05, 4.69) is 5.32 Å². The smallest absolute Gasteiger partial charge is 0.268 e. The summed E-state index contributed by atoms with van der Waals surface area (Å²) in [4.78, 5) is 27.4. The molecule has 2 N–H and O–H groups in total. The van der Waals surface area contributed by atoms with Crippen molar-refractivity contribution >= 4 is 23.2 Å². The quantitative estimate of drug-likeness (QED) is 0.687. The third kappa shape index (κ3) is 3.21. The number of hydrogen-bond acceptors (Lipinski definition) is 4. The van der Waals surface area contributed by atoms with E-state index >= 15 is 0 Å². The second kappa shape index (κ2) is 7.65. The number of rotatable bonds is 5. The van der Waals surface area contributed by atoms with Crippen LogP contribution >= 0.6 is 0 Å². The normalized spacial score (nSPS) is 17.6. The van der Waals surface area contributed by atoms with E-state index in [0.29, 0.717) is 28.3 Å². The van der Waals surface area contributed by atoms with Crippen molar-refractivity contribution in [1.82, 2.24) is 0 Å². The molecular weight excluding hydrogens is 380 g/mol. The van der Waals surface area contributed by atoms with Gasteiger partial charge in [-0.05, 0) is 30.7 Å². The number of amides is 2. The van der Waals surface area contributed by atoms with Crippen LogP contribution in [-0.4, -0.2) is 30.6 Å². The summed E-state index contributed by atoms with van der Waals surface area (Å²) >= 11 is 0. The summed E-state index contributed by atoms with van der Waals surface area (Å²) in [5.74, 6) is -0.423. The number of carbonyl (C=O) groups excluding carboxylic acids is 2. The lowest BCUT2D eigenvalue weighted by atomic mass is 9.87. The van der Waals surface area contributed by atoms with E-state index in [1.54, 1.807) is 60.7 Å². The number of ether oxygens (including phenoxy) is 1. The summed E-state index contributed by atoms with van der Waals surface area (Å²) in [5, 5.41) is 14.3. The molecule has 0 saturated carbocycles. The summed E-state index contributed by atoms with van der Waals surface area (Å²) in [6.45, 7) is 1.70. The van der Waals surface area contributed by atoms with Gasteiger partial charge in [-0.15, -0.1) is 0 Å².